The first kappa shape index (κ1) is 27.5. The molecule has 4 nitrogen and oxygen atoms in total. The van der Waals surface area contributed by atoms with Crippen molar-refractivity contribution in [3.63, 3.8) is 0 Å². The molecule has 4 heteroatoms. The second-order valence-electron chi connectivity index (χ2n) is 11.5. The molecule has 218 valence electrons. The maximum absolute atomic E-state index is 5.34. The van der Waals surface area contributed by atoms with Gasteiger partial charge in [0.05, 0.1) is 11.2 Å². The van der Waals surface area contributed by atoms with Crippen molar-refractivity contribution in [3.05, 3.63) is 170 Å². The Labute approximate surface area is 268 Å². The van der Waals surface area contributed by atoms with Crippen molar-refractivity contribution < 1.29 is 0 Å². The van der Waals surface area contributed by atoms with Gasteiger partial charge < -0.3 is 0 Å². The minimum atomic E-state index is 0.774. The monoisotopic (exact) mass is 590 g/mol. The third-order valence-electron chi connectivity index (χ3n) is 8.65. The first-order chi connectivity index (χ1) is 22.8. The normalized spacial score (nSPS) is 12.9. The summed E-state index contributed by atoms with van der Waals surface area (Å²) in [7, 11) is 0. The fourth-order valence-corrected chi connectivity index (χ4v) is 6.23. The van der Waals surface area contributed by atoms with Crippen molar-refractivity contribution in [1.29, 1.82) is 0 Å². The number of allylic oxidation sites excluding steroid dienone is 4. The Kier molecular flexibility index (Phi) is 7.29. The van der Waals surface area contributed by atoms with Crippen molar-refractivity contribution >= 4 is 22.0 Å². The molecular formula is C42H30N4. The van der Waals surface area contributed by atoms with Crippen molar-refractivity contribution in [1.82, 2.24) is 19.9 Å². The van der Waals surface area contributed by atoms with E-state index in [1.54, 1.807) is 0 Å². The van der Waals surface area contributed by atoms with Gasteiger partial charge >= 0.3 is 0 Å². The van der Waals surface area contributed by atoms with Gasteiger partial charge in [-0.2, -0.15) is 0 Å². The number of pyridine rings is 2. The third kappa shape index (κ3) is 5.42. The van der Waals surface area contributed by atoms with Gasteiger partial charge in [0.2, 0.25) is 0 Å². The Balaban J connectivity index is 1.35. The van der Waals surface area contributed by atoms with E-state index in [1.165, 1.54) is 11.1 Å². The molecule has 0 N–H and O–H groups in total. The van der Waals surface area contributed by atoms with Crippen LogP contribution in [0.4, 0.5) is 0 Å². The zero-order valence-corrected chi connectivity index (χ0v) is 25.2. The van der Waals surface area contributed by atoms with Crippen LogP contribution in [0.2, 0.25) is 0 Å². The van der Waals surface area contributed by atoms with Gasteiger partial charge in [-0.15, -0.1) is 0 Å². The molecule has 3 heterocycles. The number of hydrogen-bond acceptors (Lipinski definition) is 4. The van der Waals surface area contributed by atoms with Crippen molar-refractivity contribution in [2.45, 2.75) is 12.8 Å². The molecule has 1 aliphatic carbocycles. The predicted molar refractivity (Wildman–Crippen MR) is 189 cm³/mol. The van der Waals surface area contributed by atoms with Crippen LogP contribution in [0.3, 0.4) is 0 Å². The summed E-state index contributed by atoms with van der Waals surface area (Å²) in [5.74, 6) is 0.774. The molecule has 46 heavy (non-hydrogen) atoms. The smallest absolute Gasteiger partial charge is 0.156 e. The zero-order chi connectivity index (χ0) is 30.7. The fraction of sp³-hybridized carbons (Fsp3) is 0.0476. The molecule has 8 rings (SSSR count). The highest BCUT2D eigenvalue weighted by Crippen LogP contribution is 2.39. The van der Waals surface area contributed by atoms with E-state index in [0.29, 0.717) is 0 Å². The van der Waals surface area contributed by atoms with Crippen molar-refractivity contribution in [3.8, 4) is 44.6 Å². The summed E-state index contributed by atoms with van der Waals surface area (Å²) in [6.07, 6.45) is 13.5. The molecule has 0 spiro atoms. The molecule has 0 atom stereocenters. The maximum Gasteiger partial charge on any atom is 0.156 e. The van der Waals surface area contributed by atoms with Gasteiger partial charge in [-0.3, -0.25) is 9.97 Å². The molecule has 3 aromatic heterocycles. The number of nitrogens with zero attached hydrogens (tertiary/aromatic N) is 4. The molecular weight excluding hydrogens is 560 g/mol. The van der Waals surface area contributed by atoms with E-state index >= 15 is 0 Å². The molecule has 4 aromatic carbocycles. The highest BCUT2D eigenvalue weighted by Gasteiger charge is 2.19. The maximum atomic E-state index is 5.34. The summed E-state index contributed by atoms with van der Waals surface area (Å²) in [4.78, 5) is 19.0. The quantitative estimate of drug-likeness (QED) is 0.193. The highest BCUT2D eigenvalue weighted by atomic mass is 14.9. The van der Waals surface area contributed by atoms with Gasteiger partial charge in [0.25, 0.3) is 0 Å². The largest absolute Gasteiger partial charge is 0.265 e. The molecule has 0 saturated heterocycles. The molecule has 0 saturated carbocycles. The molecule has 7 aromatic rings. The summed E-state index contributed by atoms with van der Waals surface area (Å²) in [6, 6.07) is 42.5. The molecule has 0 radical (unpaired) electrons. The Hall–Kier alpha value is -6.00. The van der Waals surface area contributed by atoms with Gasteiger partial charge in [0.1, 0.15) is 0 Å². The summed E-state index contributed by atoms with van der Waals surface area (Å²) in [5, 5.41) is 1.03. The second-order valence-corrected chi connectivity index (χ2v) is 11.5. The van der Waals surface area contributed by atoms with Crippen LogP contribution in [0.25, 0.3) is 66.7 Å². The van der Waals surface area contributed by atoms with E-state index in [-0.39, 0.29) is 0 Å². The van der Waals surface area contributed by atoms with E-state index < -0.39 is 0 Å². The summed E-state index contributed by atoms with van der Waals surface area (Å²) in [6.45, 7) is 0. The average Bonchev–Trinajstić information content (AvgIpc) is 3.15. The Morgan fingerprint density at radius 1 is 0.413 bits per heavy atom. The predicted octanol–water partition coefficient (Wildman–Crippen LogP) is 10.3. The van der Waals surface area contributed by atoms with Crippen LogP contribution in [-0.2, 0) is 0 Å². The minimum Gasteiger partial charge on any atom is -0.265 e. The Bertz CT molecular complexity index is 2210. The summed E-state index contributed by atoms with van der Waals surface area (Å²) in [5.41, 5.74) is 13.4. The Morgan fingerprint density at radius 2 is 0.957 bits per heavy atom. The lowest BCUT2D eigenvalue weighted by Crippen LogP contribution is -2.03. The van der Waals surface area contributed by atoms with E-state index in [1.807, 2.05) is 36.9 Å². The molecule has 0 amide bonds. The number of fused-ring (bicyclic) bond motifs is 1. The number of aromatic nitrogens is 4. The molecule has 1 aliphatic rings. The first-order valence-electron chi connectivity index (χ1n) is 15.6. The van der Waals surface area contributed by atoms with Crippen molar-refractivity contribution in [2.24, 2.45) is 0 Å². The lowest BCUT2D eigenvalue weighted by Gasteiger charge is -2.18. The van der Waals surface area contributed by atoms with E-state index in [0.717, 1.165) is 79.8 Å². The van der Waals surface area contributed by atoms with Gasteiger partial charge in [0, 0.05) is 41.3 Å². The average molecular weight is 591 g/mol. The molecule has 0 unspecified atom stereocenters. The summed E-state index contributed by atoms with van der Waals surface area (Å²) < 4.78 is 0. The Morgan fingerprint density at radius 3 is 1.61 bits per heavy atom. The molecule has 0 aliphatic heterocycles. The lowest BCUT2D eigenvalue weighted by molar-refractivity contribution is 1.03. The van der Waals surface area contributed by atoms with Gasteiger partial charge in [-0.25, -0.2) is 9.97 Å². The van der Waals surface area contributed by atoms with Gasteiger partial charge in [-0.1, -0.05) is 97.1 Å². The fourth-order valence-electron chi connectivity index (χ4n) is 6.23. The van der Waals surface area contributed by atoms with Gasteiger partial charge in [0.15, 0.2) is 5.82 Å². The number of rotatable bonds is 6. The van der Waals surface area contributed by atoms with Crippen LogP contribution in [0.1, 0.15) is 24.2 Å². The summed E-state index contributed by atoms with van der Waals surface area (Å²) >= 11 is 0. The number of hydrogen-bond donors (Lipinski definition) is 0. The minimum absolute atomic E-state index is 0.774. The standard InChI is InChI=1S/C42H30N4/c1-3-7-29(8-4-1)37-27-38(34-9-5-2-6-10-34)41-39(28-37)40(35-15-11-30(12-16-35)32-19-23-43-24-20-32)45-42(46-41)36-17-13-31(14-18-36)33-21-25-44-26-22-33/h1-13,15-17,19-28H,14,18H2. The van der Waals surface area contributed by atoms with Crippen LogP contribution in [-0.4, -0.2) is 19.9 Å². The zero-order valence-electron chi connectivity index (χ0n) is 25.2. The van der Waals surface area contributed by atoms with Crippen molar-refractivity contribution in [2.75, 3.05) is 0 Å². The second kappa shape index (κ2) is 12.2. The van der Waals surface area contributed by atoms with Crippen LogP contribution in [0.5, 0.6) is 0 Å². The SMILES string of the molecule is C1=C(c2ccncc2)CCC(c2nc(-c3ccc(-c4ccncc4)cc3)c3cc(-c4ccccc4)cc(-c4ccccc4)c3n2)=C1. The van der Waals surface area contributed by atoms with Crippen LogP contribution in [0, 0.1) is 0 Å². The van der Waals surface area contributed by atoms with Crippen LogP contribution < -0.4 is 0 Å². The molecule has 0 bridgehead atoms. The van der Waals surface area contributed by atoms with Gasteiger partial charge in [-0.05, 0) is 93.8 Å². The first-order valence-corrected chi connectivity index (χ1v) is 15.6. The number of benzene rings is 4. The van der Waals surface area contributed by atoms with E-state index in [4.69, 9.17) is 9.97 Å². The molecule has 0 fully saturated rings. The topological polar surface area (TPSA) is 51.6 Å². The third-order valence-corrected chi connectivity index (χ3v) is 8.65. The highest BCUT2D eigenvalue weighted by molar-refractivity contribution is 6.04. The lowest BCUT2D eigenvalue weighted by atomic mass is 9.91. The van der Waals surface area contributed by atoms with E-state index in [2.05, 4.69) is 131 Å². The van der Waals surface area contributed by atoms with Crippen LogP contribution >= 0.6 is 0 Å². The van der Waals surface area contributed by atoms with E-state index in [9.17, 15) is 0 Å². The van der Waals surface area contributed by atoms with Crippen LogP contribution in [0.15, 0.2) is 158 Å².